The van der Waals surface area contributed by atoms with E-state index in [0.29, 0.717) is 25.7 Å². The van der Waals surface area contributed by atoms with Crippen LogP contribution in [0.25, 0.3) is 0 Å². The molecule has 0 aromatic rings. The van der Waals surface area contributed by atoms with Crippen molar-refractivity contribution in [3.05, 3.63) is 0 Å². The molecule has 1 amide bonds. The summed E-state index contributed by atoms with van der Waals surface area (Å²) in [4.78, 5) is 13.8. The fourth-order valence-corrected chi connectivity index (χ4v) is 2.06. The molecule has 1 fully saturated rings. The third-order valence-corrected chi connectivity index (χ3v) is 3.12. The second-order valence-corrected chi connectivity index (χ2v) is 4.57. The minimum Gasteiger partial charge on any atom is -0.383 e. The summed E-state index contributed by atoms with van der Waals surface area (Å²) in [6.07, 6.45) is 2.61. The zero-order valence-electron chi connectivity index (χ0n) is 11.0. The summed E-state index contributed by atoms with van der Waals surface area (Å²) in [6.45, 7) is 7.01. The predicted octanol–water partition coefficient (Wildman–Crippen LogP) is -0.177. The van der Waals surface area contributed by atoms with Gasteiger partial charge in [0.15, 0.2) is 0 Å². The van der Waals surface area contributed by atoms with Crippen molar-refractivity contribution in [3.63, 3.8) is 0 Å². The first-order chi connectivity index (χ1) is 8.24. The molecule has 0 aromatic carbocycles. The van der Waals surface area contributed by atoms with E-state index < -0.39 is 0 Å². The zero-order valence-corrected chi connectivity index (χ0v) is 11.0. The molecule has 0 bridgehead atoms. The number of rotatable bonds is 8. The first-order valence-electron chi connectivity index (χ1n) is 6.44. The van der Waals surface area contributed by atoms with E-state index in [1.54, 1.807) is 7.11 Å². The first-order valence-corrected chi connectivity index (χ1v) is 6.44. The number of carbonyl (C=O) groups is 1. The summed E-state index contributed by atoms with van der Waals surface area (Å²) < 4.78 is 4.86. The molecular weight excluding hydrogens is 218 g/mol. The highest BCUT2D eigenvalue weighted by Gasteiger charge is 2.17. The Bertz CT molecular complexity index is 218. The maximum Gasteiger partial charge on any atom is 0.234 e. The van der Waals surface area contributed by atoms with Gasteiger partial charge in [-0.25, -0.2) is 0 Å². The van der Waals surface area contributed by atoms with Gasteiger partial charge in [-0.1, -0.05) is 0 Å². The Morgan fingerprint density at radius 3 is 2.76 bits per heavy atom. The summed E-state index contributed by atoms with van der Waals surface area (Å²) in [5.74, 6) is 0.0377. The van der Waals surface area contributed by atoms with E-state index in [9.17, 15) is 4.79 Å². The monoisotopic (exact) mass is 243 g/mol. The molecule has 5 nitrogen and oxygen atoms in total. The van der Waals surface area contributed by atoms with E-state index in [4.69, 9.17) is 4.74 Å². The molecule has 0 radical (unpaired) electrons. The second-order valence-electron chi connectivity index (χ2n) is 4.57. The van der Waals surface area contributed by atoms with Gasteiger partial charge in [-0.3, -0.25) is 9.69 Å². The van der Waals surface area contributed by atoms with Crippen LogP contribution in [0.4, 0.5) is 0 Å². The summed E-state index contributed by atoms with van der Waals surface area (Å²) in [5.41, 5.74) is 0. The van der Waals surface area contributed by atoms with Gasteiger partial charge in [-0.05, 0) is 32.9 Å². The lowest BCUT2D eigenvalue weighted by molar-refractivity contribution is -0.120. The van der Waals surface area contributed by atoms with E-state index in [1.165, 1.54) is 25.9 Å². The Morgan fingerprint density at radius 2 is 2.12 bits per heavy atom. The predicted molar refractivity (Wildman–Crippen MR) is 68.0 cm³/mol. The van der Waals surface area contributed by atoms with Gasteiger partial charge in [0.05, 0.1) is 13.2 Å². The van der Waals surface area contributed by atoms with Crippen molar-refractivity contribution in [2.45, 2.75) is 25.8 Å². The van der Waals surface area contributed by atoms with Crippen LogP contribution in [-0.2, 0) is 9.53 Å². The van der Waals surface area contributed by atoms with Crippen LogP contribution in [-0.4, -0.2) is 63.3 Å². The van der Waals surface area contributed by atoms with Crippen LogP contribution in [0, 0.1) is 0 Å². The third kappa shape index (κ3) is 6.00. The zero-order chi connectivity index (χ0) is 12.5. The summed E-state index contributed by atoms with van der Waals surface area (Å²) in [7, 11) is 1.63. The van der Waals surface area contributed by atoms with Crippen LogP contribution in [0.2, 0.25) is 0 Å². The van der Waals surface area contributed by atoms with E-state index in [0.717, 1.165) is 6.54 Å². The Balaban J connectivity index is 2.00. The topological polar surface area (TPSA) is 53.6 Å². The Labute approximate surface area is 104 Å². The minimum atomic E-state index is 0.0377. The van der Waals surface area contributed by atoms with Crippen LogP contribution in [0.15, 0.2) is 0 Å². The lowest BCUT2D eigenvalue weighted by Gasteiger charge is -2.23. The molecule has 1 heterocycles. The maximum absolute atomic E-state index is 11.4. The fourth-order valence-electron chi connectivity index (χ4n) is 2.06. The number of hydrogen-bond acceptors (Lipinski definition) is 4. The number of hydrogen-bond donors (Lipinski definition) is 2. The van der Waals surface area contributed by atoms with Gasteiger partial charge in [0.25, 0.3) is 0 Å². The van der Waals surface area contributed by atoms with Crippen molar-refractivity contribution in [1.29, 1.82) is 0 Å². The molecule has 100 valence electrons. The number of nitrogens with one attached hydrogen (secondary N) is 2. The number of amides is 1. The molecule has 1 unspecified atom stereocenters. The molecule has 0 saturated carbocycles. The number of methoxy groups -OCH3 is 1. The minimum absolute atomic E-state index is 0.0377. The van der Waals surface area contributed by atoms with Gasteiger partial charge in [-0.2, -0.15) is 0 Å². The Morgan fingerprint density at radius 1 is 1.41 bits per heavy atom. The van der Waals surface area contributed by atoms with Crippen molar-refractivity contribution in [2.24, 2.45) is 0 Å². The normalized spacial score (nSPS) is 18.2. The highest BCUT2D eigenvalue weighted by molar-refractivity contribution is 5.77. The van der Waals surface area contributed by atoms with Crippen LogP contribution < -0.4 is 10.6 Å². The molecule has 2 N–H and O–H groups in total. The van der Waals surface area contributed by atoms with Gasteiger partial charge in [0.2, 0.25) is 5.91 Å². The van der Waals surface area contributed by atoms with E-state index in [2.05, 4.69) is 22.5 Å². The lowest BCUT2D eigenvalue weighted by Crippen LogP contribution is -2.42. The van der Waals surface area contributed by atoms with Crippen molar-refractivity contribution in [2.75, 3.05) is 46.4 Å². The molecule has 1 aliphatic rings. The van der Waals surface area contributed by atoms with Crippen molar-refractivity contribution in [3.8, 4) is 0 Å². The van der Waals surface area contributed by atoms with Gasteiger partial charge in [-0.15, -0.1) is 0 Å². The highest BCUT2D eigenvalue weighted by Crippen LogP contribution is 2.10. The molecule has 1 saturated heterocycles. The average Bonchev–Trinajstić information content (AvgIpc) is 2.82. The van der Waals surface area contributed by atoms with E-state index >= 15 is 0 Å². The van der Waals surface area contributed by atoms with E-state index in [1.807, 2.05) is 0 Å². The number of nitrogens with zero attached hydrogens (tertiary/aromatic N) is 1. The molecule has 0 aromatic heterocycles. The molecule has 17 heavy (non-hydrogen) atoms. The molecule has 0 aliphatic carbocycles. The van der Waals surface area contributed by atoms with E-state index in [-0.39, 0.29) is 5.91 Å². The van der Waals surface area contributed by atoms with Crippen molar-refractivity contribution in [1.82, 2.24) is 15.5 Å². The maximum atomic E-state index is 11.4. The molecule has 1 rings (SSSR count). The number of likely N-dealkylation sites (tertiary alicyclic amines) is 1. The molecule has 5 heteroatoms. The molecule has 0 spiro atoms. The van der Waals surface area contributed by atoms with Gasteiger partial charge >= 0.3 is 0 Å². The van der Waals surface area contributed by atoms with Crippen LogP contribution in [0.5, 0.6) is 0 Å². The summed E-state index contributed by atoms with van der Waals surface area (Å²) in [5, 5.41) is 5.98. The highest BCUT2D eigenvalue weighted by atomic mass is 16.5. The van der Waals surface area contributed by atoms with Crippen LogP contribution >= 0.6 is 0 Å². The molecular formula is C12H25N3O2. The Kier molecular flexibility index (Phi) is 7.16. The smallest absolute Gasteiger partial charge is 0.234 e. The second kappa shape index (κ2) is 8.44. The van der Waals surface area contributed by atoms with Crippen LogP contribution in [0.3, 0.4) is 0 Å². The number of ether oxygens (including phenoxy) is 1. The van der Waals surface area contributed by atoms with Crippen LogP contribution in [0.1, 0.15) is 19.8 Å². The number of carbonyl (C=O) groups excluding carboxylic acids is 1. The lowest BCUT2D eigenvalue weighted by atomic mass is 10.3. The Hall–Kier alpha value is -0.650. The largest absolute Gasteiger partial charge is 0.383 e. The first kappa shape index (κ1) is 14.4. The van der Waals surface area contributed by atoms with Gasteiger partial charge < -0.3 is 15.4 Å². The standard InChI is InChI=1S/C12H25N3O2/c1-11(15-6-3-4-7-15)9-13-10-12(16)14-5-8-17-2/h11,13H,3-10H2,1-2H3,(H,14,16). The molecule has 1 aliphatic heterocycles. The summed E-state index contributed by atoms with van der Waals surface area (Å²) in [6, 6.07) is 0.518. The fraction of sp³-hybridized carbons (Fsp3) is 0.917. The van der Waals surface area contributed by atoms with Gasteiger partial charge in [0.1, 0.15) is 0 Å². The van der Waals surface area contributed by atoms with Crippen molar-refractivity contribution >= 4 is 5.91 Å². The third-order valence-electron chi connectivity index (χ3n) is 3.12. The quantitative estimate of drug-likeness (QED) is 0.581. The SMILES string of the molecule is COCCNC(=O)CNCC(C)N1CCCC1. The molecule has 1 atom stereocenters. The van der Waals surface area contributed by atoms with Crippen molar-refractivity contribution < 1.29 is 9.53 Å². The average molecular weight is 243 g/mol. The van der Waals surface area contributed by atoms with Gasteiger partial charge in [0, 0.05) is 26.2 Å². The summed E-state index contributed by atoms with van der Waals surface area (Å²) >= 11 is 0.